The molecule has 0 saturated heterocycles. The van der Waals surface area contributed by atoms with Crippen LogP contribution in [-0.2, 0) is 0 Å². The molecule has 0 bridgehead atoms. The van der Waals surface area contributed by atoms with Gasteiger partial charge in [-0.1, -0.05) is 20.3 Å². The third-order valence-corrected chi connectivity index (χ3v) is 5.08. The molecular formula is C24H32N6O2. The summed E-state index contributed by atoms with van der Waals surface area (Å²) in [4.78, 5) is 25.5. The number of aromatic nitrogens is 4. The highest BCUT2D eigenvalue weighted by Crippen LogP contribution is 2.25. The number of methoxy groups -OCH3 is 1. The first-order valence-electron chi connectivity index (χ1n) is 11.1. The highest BCUT2D eigenvalue weighted by Gasteiger charge is 2.25. The number of hydrogen-bond acceptors (Lipinski definition) is 7. The zero-order valence-corrected chi connectivity index (χ0v) is 19.2. The molecule has 1 aliphatic rings. The Morgan fingerprint density at radius 3 is 2.28 bits per heavy atom. The van der Waals surface area contributed by atoms with Crippen LogP contribution in [0.15, 0.2) is 53.8 Å². The zero-order valence-electron chi connectivity index (χ0n) is 19.2. The van der Waals surface area contributed by atoms with E-state index in [0.29, 0.717) is 23.5 Å². The number of nitrogens with zero attached hydrogens (tertiary/aromatic N) is 4. The highest BCUT2D eigenvalue weighted by molar-refractivity contribution is 5.43. The lowest BCUT2D eigenvalue weighted by Crippen LogP contribution is -2.22. The molecule has 8 heteroatoms. The third kappa shape index (κ3) is 6.06. The van der Waals surface area contributed by atoms with E-state index in [1.165, 1.54) is 18.1 Å². The van der Waals surface area contributed by atoms with Gasteiger partial charge in [-0.2, -0.15) is 0 Å². The van der Waals surface area contributed by atoms with Gasteiger partial charge in [0.05, 0.1) is 37.1 Å². The molecule has 3 aromatic heterocycles. The molecule has 1 aliphatic carbocycles. The van der Waals surface area contributed by atoms with Crippen molar-refractivity contribution in [3.05, 3.63) is 65.1 Å². The smallest absolute Gasteiger partial charge is 0.297 e. The second kappa shape index (κ2) is 11.3. The van der Waals surface area contributed by atoms with Gasteiger partial charge in [-0.3, -0.25) is 14.3 Å². The zero-order chi connectivity index (χ0) is 22.9. The van der Waals surface area contributed by atoms with Gasteiger partial charge in [0.2, 0.25) is 0 Å². The first-order chi connectivity index (χ1) is 15.5. The van der Waals surface area contributed by atoms with E-state index in [9.17, 15) is 4.79 Å². The molecule has 3 heterocycles. The molecule has 32 heavy (non-hydrogen) atoms. The number of hydrogen-bond donors (Lipinski definition) is 2. The minimum absolute atomic E-state index is 0.207. The van der Waals surface area contributed by atoms with Crippen LogP contribution in [0, 0.1) is 6.92 Å². The van der Waals surface area contributed by atoms with E-state index in [1.807, 2.05) is 19.1 Å². The Labute approximate surface area is 189 Å². The second-order valence-electron chi connectivity index (χ2n) is 7.90. The lowest BCUT2D eigenvalue weighted by atomic mass is 10.2. The standard InChI is InChI=1S/C21H24N6O2.C3H8/c1-14-11-23-20(13-22-14)26-16-6-5-15(10-16)25-19-8-7-17(12-24-19)27-9-3-4-18(29-2)21(27)28;1-3-2/h3-4,7-9,11-13,15-16H,5-6,10H2,1-2H3,(H,23,26)(H,24,25);3H2,1-2H3/t15?,16-;/m0./s1. The Balaban J connectivity index is 0.000000913. The molecule has 4 rings (SSSR count). The van der Waals surface area contributed by atoms with Crippen LogP contribution in [0.25, 0.3) is 5.69 Å². The van der Waals surface area contributed by atoms with E-state index in [0.717, 1.165) is 36.6 Å². The SMILES string of the molecule is CCC.COc1cccn(-c2ccc(NC3CC[C@H](Nc4cnc(C)cn4)C3)nc2)c1=O. The van der Waals surface area contributed by atoms with Crippen molar-refractivity contribution in [2.24, 2.45) is 0 Å². The van der Waals surface area contributed by atoms with Crippen molar-refractivity contribution < 1.29 is 4.74 Å². The van der Waals surface area contributed by atoms with Crippen molar-refractivity contribution in [3.63, 3.8) is 0 Å². The number of pyridine rings is 2. The first kappa shape index (κ1) is 23.2. The van der Waals surface area contributed by atoms with E-state index in [2.05, 4.69) is 39.4 Å². The minimum Gasteiger partial charge on any atom is -0.491 e. The molecule has 1 unspecified atom stereocenters. The summed E-state index contributed by atoms with van der Waals surface area (Å²) in [6.45, 7) is 6.18. The summed E-state index contributed by atoms with van der Waals surface area (Å²) in [5.41, 5.74) is 1.40. The van der Waals surface area contributed by atoms with Gasteiger partial charge in [0.15, 0.2) is 5.75 Å². The maximum atomic E-state index is 12.3. The molecular weight excluding hydrogens is 404 g/mol. The largest absolute Gasteiger partial charge is 0.491 e. The van der Waals surface area contributed by atoms with Crippen molar-refractivity contribution in [1.29, 1.82) is 0 Å². The Morgan fingerprint density at radius 1 is 1.00 bits per heavy atom. The maximum Gasteiger partial charge on any atom is 0.297 e. The molecule has 2 N–H and O–H groups in total. The lowest BCUT2D eigenvalue weighted by molar-refractivity contribution is 0.406. The summed E-state index contributed by atoms with van der Waals surface area (Å²) in [6, 6.07) is 7.89. The number of rotatable bonds is 6. The molecule has 0 spiro atoms. The number of ether oxygens (including phenoxy) is 1. The van der Waals surface area contributed by atoms with Gasteiger partial charge in [-0.25, -0.2) is 9.97 Å². The molecule has 170 valence electrons. The van der Waals surface area contributed by atoms with Crippen molar-refractivity contribution >= 4 is 11.6 Å². The van der Waals surface area contributed by atoms with Crippen LogP contribution in [0.3, 0.4) is 0 Å². The average molecular weight is 437 g/mol. The van der Waals surface area contributed by atoms with Crippen LogP contribution in [0.4, 0.5) is 11.6 Å². The van der Waals surface area contributed by atoms with Gasteiger partial charge < -0.3 is 15.4 Å². The number of aryl methyl sites for hydroxylation is 1. The van der Waals surface area contributed by atoms with E-state index in [4.69, 9.17) is 4.74 Å². The molecule has 0 radical (unpaired) electrons. The molecule has 0 aliphatic heterocycles. The fourth-order valence-corrected chi connectivity index (χ4v) is 3.58. The molecule has 8 nitrogen and oxygen atoms in total. The van der Waals surface area contributed by atoms with E-state index in [-0.39, 0.29) is 5.56 Å². The number of nitrogens with one attached hydrogen (secondary N) is 2. The van der Waals surface area contributed by atoms with Crippen LogP contribution in [0.1, 0.15) is 45.2 Å². The van der Waals surface area contributed by atoms with Gasteiger partial charge in [0.25, 0.3) is 5.56 Å². The number of anilines is 2. The topological polar surface area (TPSA) is 94.0 Å². The van der Waals surface area contributed by atoms with Crippen LogP contribution < -0.4 is 20.9 Å². The van der Waals surface area contributed by atoms with Crippen molar-refractivity contribution in [2.75, 3.05) is 17.7 Å². The van der Waals surface area contributed by atoms with Gasteiger partial charge in [0.1, 0.15) is 11.6 Å². The summed E-state index contributed by atoms with van der Waals surface area (Å²) in [5.74, 6) is 1.91. The summed E-state index contributed by atoms with van der Waals surface area (Å²) >= 11 is 0. The summed E-state index contributed by atoms with van der Waals surface area (Å²) in [6.07, 6.45) is 11.3. The van der Waals surface area contributed by atoms with Crippen LogP contribution in [-0.4, -0.2) is 38.7 Å². The third-order valence-electron chi connectivity index (χ3n) is 5.08. The van der Waals surface area contributed by atoms with Gasteiger partial charge >= 0.3 is 0 Å². The highest BCUT2D eigenvalue weighted by atomic mass is 16.5. The average Bonchev–Trinajstić information content (AvgIpc) is 3.23. The van der Waals surface area contributed by atoms with Crippen LogP contribution in [0.5, 0.6) is 5.75 Å². The van der Waals surface area contributed by atoms with Crippen LogP contribution in [0.2, 0.25) is 0 Å². The molecule has 0 aromatic carbocycles. The van der Waals surface area contributed by atoms with Crippen LogP contribution >= 0.6 is 0 Å². The summed E-state index contributed by atoms with van der Waals surface area (Å²) < 4.78 is 6.62. The molecule has 1 saturated carbocycles. The second-order valence-corrected chi connectivity index (χ2v) is 7.90. The molecule has 2 atom stereocenters. The molecule has 3 aromatic rings. The van der Waals surface area contributed by atoms with Gasteiger partial charge in [-0.15, -0.1) is 0 Å². The minimum atomic E-state index is -0.207. The van der Waals surface area contributed by atoms with Gasteiger partial charge in [-0.05, 0) is 50.5 Å². The molecule has 1 fully saturated rings. The predicted octanol–water partition coefficient (Wildman–Crippen LogP) is 4.20. The fourth-order valence-electron chi connectivity index (χ4n) is 3.58. The fraction of sp³-hybridized carbons (Fsp3) is 0.417. The molecule has 0 amide bonds. The van der Waals surface area contributed by atoms with Crippen molar-refractivity contribution in [1.82, 2.24) is 19.5 Å². The summed E-state index contributed by atoms with van der Waals surface area (Å²) in [5, 5.41) is 6.93. The maximum absolute atomic E-state index is 12.3. The Kier molecular flexibility index (Phi) is 8.19. The Morgan fingerprint density at radius 2 is 1.69 bits per heavy atom. The Bertz CT molecular complexity index is 1030. The van der Waals surface area contributed by atoms with E-state index in [1.54, 1.807) is 36.9 Å². The Hall–Kier alpha value is -3.42. The monoisotopic (exact) mass is 436 g/mol. The van der Waals surface area contributed by atoms with Crippen molar-refractivity contribution in [3.8, 4) is 11.4 Å². The van der Waals surface area contributed by atoms with E-state index >= 15 is 0 Å². The first-order valence-corrected chi connectivity index (χ1v) is 11.1. The summed E-state index contributed by atoms with van der Waals surface area (Å²) in [7, 11) is 1.49. The normalized spacial score (nSPS) is 17.2. The van der Waals surface area contributed by atoms with Gasteiger partial charge in [0, 0.05) is 18.3 Å². The van der Waals surface area contributed by atoms with E-state index < -0.39 is 0 Å². The quantitative estimate of drug-likeness (QED) is 0.598. The lowest BCUT2D eigenvalue weighted by Gasteiger charge is -2.16. The predicted molar refractivity (Wildman–Crippen MR) is 128 cm³/mol. The van der Waals surface area contributed by atoms with Crippen molar-refractivity contribution in [2.45, 2.75) is 58.5 Å².